The highest BCUT2D eigenvalue weighted by Gasteiger charge is 2.45. The quantitative estimate of drug-likeness (QED) is 0.193. The van der Waals surface area contributed by atoms with Crippen LogP contribution in [0.2, 0.25) is 0 Å². The van der Waals surface area contributed by atoms with Crippen molar-refractivity contribution in [3.05, 3.63) is 65.2 Å². The van der Waals surface area contributed by atoms with Gasteiger partial charge in [0.1, 0.15) is 36.0 Å². The zero-order valence-electron chi connectivity index (χ0n) is 33.0. The molecule has 5 rings (SSSR count). The van der Waals surface area contributed by atoms with Crippen LogP contribution in [0, 0.1) is 18.8 Å². The first-order valence-electron chi connectivity index (χ1n) is 19.7. The van der Waals surface area contributed by atoms with Crippen LogP contribution in [0.4, 0.5) is 0 Å². The molecule has 1 aliphatic carbocycles. The zero-order chi connectivity index (χ0) is 41.6. The minimum Gasteiger partial charge on any atom is -0.508 e. The van der Waals surface area contributed by atoms with E-state index in [-0.39, 0.29) is 43.0 Å². The number of aromatic hydroxyl groups is 1. The summed E-state index contributed by atoms with van der Waals surface area (Å²) < 4.78 is 0. The van der Waals surface area contributed by atoms with Gasteiger partial charge in [-0.15, -0.1) is 0 Å². The van der Waals surface area contributed by atoms with Crippen LogP contribution in [0.5, 0.6) is 5.75 Å². The number of carbonyl (C=O) groups is 7. The number of carbonyl (C=O) groups excluding carboxylic acids is 7. The average molecular weight is 790 g/mol. The third-order valence-electron chi connectivity index (χ3n) is 10.9. The van der Waals surface area contributed by atoms with E-state index in [0.717, 1.165) is 0 Å². The van der Waals surface area contributed by atoms with Gasteiger partial charge in [0.15, 0.2) is 0 Å². The van der Waals surface area contributed by atoms with Crippen LogP contribution in [0.3, 0.4) is 0 Å². The number of phenols is 1. The van der Waals surface area contributed by atoms with Crippen molar-refractivity contribution in [2.75, 3.05) is 6.54 Å². The Bertz CT molecular complexity index is 1840. The molecule has 2 heterocycles. The minimum atomic E-state index is -1.54. The summed E-state index contributed by atoms with van der Waals surface area (Å²) >= 11 is 0. The number of aliphatic hydroxyl groups is 1. The molecule has 0 radical (unpaired) electrons. The molecule has 0 aromatic heterocycles. The summed E-state index contributed by atoms with van der Waals surface area (Å²) in [6, 6.07) is 5.62. The molecule has 2 aromatic rings. The lowest BCUT2D eigenvalue weighted by Gasteiger charge is -2.31. The predicted molar refractivity (Wildman–Crippen MR) is 208 cm³/mol. The first-order valence-corrected chi connectivity index (χ1v) is 19.7. The number of amides is 7. The minimum absolute atomic E-state index is 0.0378. The molecule has 16 heteroatoms. The number of phenolic OH excluding ortho intramolecular Hbond substituents is 1. The van der Waals surface area contributed by atoms with Crippen molar-refractivity contribution in [2.24, 2.45) is 11.8 Å². The topological polar surface area (TPSA) is 235 Å². The molecule has 16 nitrogen and oxygen atoms in total. The maximum Gasteiger partial charge on any atom is 0.251 e. The highest BCUT2D eigenvalue weighted by Crippen LogP contribution is 2.27. The van der Waals surface area contributed by atoms with Gasteiger partial charge in [-0.05, 0) is 75.6 Å². The molecule has 3 aliphatic rings. The van der Waals surface area contributed by atoms with Crippen molar-refractivity contribution < 1.29 is 43.8 Å². The van der Waals surface area contributed by atoms with Gasteiger partial charge in [-0.25, -0.2) is 0 Å². The molecule has 8 N–H and O–H groups in total. The van der Waals surface area contributed by atoms with E-state index in [4.69, 9.17) is 0 Å². The molecular weight excluding hydrogens is 734 g/mol. The second-order valence-corrected chi connectivity index (χ2v) is 16.0. The van der Waals surface area contributed by atoms with Gasteiger partial charge < -0.3 is 47.0 Å². The van der Waals surface area contributed by atoms with Crippen LogP contribution in [0.25, 0.3) is 0 Å². The van der Waals surface area contributed by atoms with Gasteiger partial charge in [-0.2, -0.15) is 0 Å². The fourth-order valence-electron chi connectivity index (χ4n) is 7.83. The molecule has 2 aliphatic heterocycles. The maximum atomic E-state index is 14.7. The lowest BCUT2D eigenvalue weighted by atomic mass is 9.98. The highest BCUT2D eigenvalue weighted by molar-refractivity contribution is 5.99. The number of fused-ring (bicyclic) bond motifs is 2. The Hall–Kier alpha value is -5.51. The molecule has 9 atom stereocenters. The number of hydrogen-bond donors (Lipinski definition) is 8. The van der Waals surface area contributed by atoms with Crippen molar-refractivity contribution in [2.45, 2.75) is 122 Å². The van der Waals surface area contributed by atoms with Gasteiger partial charge in [-0.3, -0.25) is 33.6 Å². The third kappa shape index (κ3) is 10.7. The van der Waals surface area contributed by atoms with E-state index < -0.39 is 95.7 Å². The van der Waals surface area contributed by atoms with E-state index in [1.807, 2.05) is 13.8 Å². The van der Waals surface area contributed by atoms with Crippen LogP contribution in [0.15, 0.2) is 48.5 Å². The first-order chi connectivity index (χ1) is 27.0. The van der Waals surface area contributed by atoms with Gasteiger partial charge in [0.05, 0.1) is 12.0 Å². The second kappa shape index (κ2) is 18.6. The molecule has 3 fully saturated rings. The summed E-state index contributed by atoms with van der Waals surface area (Å²) in [4.78, 5) is 98.5. The molecule has 2 aromatic carbocycles. The summed E-state index contributed by atoms with van der Waals surface area (Å²) in [7, 11) is 0. The number of benzene rings is 2. The van der Waals surface area contributed by atoms with E-state index >= 15 is 0 Å². The lowest BCUT2D eigenvalue weighted by Crippen LogP contribution is -2.61. The molecular formula is C41H55N7O9. The Balaban J connectivity index is 1.52. The van der Waals surface area contributed by atoms with E-state index in [9.17, 15) is 43.8 Å². The number of hydrogen-bond acceptors (Lipinski definition) is 9. The number of nitrogens with zero attached hydrogens (tertiary/aromatic N) is 1. The van der Waals surface area contributed by atoms with Gasteiger partial charge in [0, 0.05) is 30.6 Å². The van der Waals surface area contributed by atoms with Crippen molar-refractivity contribution in [3.63, 3.8) is 0 Å². The summed E-state index contributed by atoms with van der Waals surface area (Å²) in [5.74, 6) is -5.29. The summed E-state index contributed by atoms with van der Waals surface area (Å²) in [5.41, 5.74) is 1.45. The number of aryl methyl sites for hydroxylation is 1. The maximum absolute atomic E-state index is 14.7. The van der Waals surface area contributed by atoms with Crippen LogP contribution in [-0.4, -0.2) is 111 Å². The van der Waals surface area contributed by atoms with Crippen molar-refractivity contribution in [3.8, 4) is 5.75 Å². The Morgan fingerprint density at radius 2 is 1.54 bits per heavy atom. The van der Waals surface area contributed by atoms with Crippen LogP contribution in [-0.2, 0) is 35.2 Å². The van der Waals surface area contributed by atoms with E-state index in [0.29, 0.717) is 30.4 Å². The summed E-state index contributed by atoms with van der Waals surface area (Å²) in [5, 5.41) is 37.5. The Labute approximate surface area is 332 Å². The monoisotopic (exact) mass is 789 g/mol. The van der Waals surface area contributed by atoms with E-state index in [2.05, 4.69) is 31.9 Å². The SMILES string of the molecule is Cc1ccc(O)cc1C(=O)N[C@@H]1CC2C(=O)N[C@@H](C)C(=O)N[C@@H]3CCC[C@H]3C(=O)N[C@@H](CC(C)C)C(=O)N[C@@H]([C@@H](C)O)C(=O)N[C@@H](Cc3ccccc3)C(=O)N2C1. The molecule has 2 saturated heterocycles. The molecule has 1 unspecified atom stereocenters. The van der Waals surface area contributed by atoms with Gasteiger partial charge in [-0.1, -0.05) is 56.7 Å². The van der Waals surface area contributed by atoms with Crippen molar-refractivity contribution >= 4 is 41.4 Å². The molecule has 0 bridgehead atoms. The van der Waals surface area contributed by atoms with Crippen molar-refractivity contribution in [1.82, 2.24) is 36.8 Å². The van der Waals surface area contributed by atoms with E-state index in [1.54, 1.807) is 43.3 Å². The van der Waals surface area contributed by atoms with Gasteiger partial charge in [0.2, 0.25) is 35.4 Å². The number of aliphatic hydroxyl groups excluding tert-OH is 1. The summed E-state index contributed by atoms with van der Waals surface area (Å²) in [6.45, 7) is 8.11. The Kier molecular flexibility index (Phi) is 13.9. The second-order valence-electron chi connectivity index (χ2n) is 16.0. The van der Waals surface area contributed by atoms with E-state index in [1.165, 1.54) is 30.9 Å². The van der Waals surface area contributed by atoms with Crippen LogP contribution < -0.4 is 31.9 Å². The molecule has 0 spiro atoms. The fourth-order valence-corrected chi connectivity index (χ4v) is 7.83. The third-order valence-corrected chi connectivity index (χ3v) is 10.9. The largest absolute Gasteiger partial charge is 0.508 e. The molecule has 57 heavy (non-hydrogen) atoms. The first kappa shape index (κ1) is 42.6. The summed E-state index contributed by atoms with van der Waals surface area (Å²) in [6.07, 6.45) is 0.278. The predicted octanol–water partition coefficient (Wildman–Crippen LogP) is 0.327. The number of nitrogens with one attached hydrogen (secondary N) is 6. The van der Waals surface area contributed by atoms with Gasteiger partial charge >= 0.3 is 0 Å². The molecule has 308 valence electrons. The van der Waals surface area contributed by atoms with Crippen LogP contribution in [0.1, 0.15) is 81.3 Å². The fraction of sp³-hybridized carbons (Fsp3) is 0.537. The van der Waals surface area contributed by atoms with Crippen molar-refractivity contribution in [1.29, 1.82) is 0 Å². The normalized spacial score (nSPS) is 28.4. The number of rotatable bonds is 7. The zero-order valence-corrected chi connectivity index (χ0v) is 33.0. The van der Waals surface area contributed by atoms with Gasteiger partial charge in [0.25, 0.3) is 5.91 Å². The standard InChI is InChI=1S/C41H55N7O9/c1-21(2)16-31-38(54)47-34(24(5)49)40(56)46-32(17-25-10-7-6-8-11-25)41(57)48-20-26(43-37(53)29-19-27(50)15-14-22(29)3)18-33(48)39(55)42-23(4)35(51)44-30-13-9-12-28(30)36(52)45-31/h6-8,10-11,14-15,19,21,23-24,26,28,30-34,49-50H,9,12-13,16-18,20H2,1-5H3,(H,42,55)(H,43,53)(H,44,51)(H,45,52)(H,46,56)(H,47,54)/t23-,24+,26+,28+,30+,31-,32-,33?,34-/m0/s1. The Morgan fingerprint density at radius 3 is 2.23 bits per heavy atom. The highest BCUT2D eigenvalue weighted by atomic mass is 16.3. The smallest absolute Gasteiger partial charge is 0.251 e. The average Bonchev–Trinajstić information content (AvgIpc) is 3.80. The lowest BCUT2D eigenvalue weighted by molar-refractivity contribution is -0.143. The van der Waals surface area contributed by atoms with Crippen LogP contribution >= 0.6 is 0 Å². The molecule has 7 amide bonds. The Morgan fingerprint density at radius 1 is 0.842 bits per heavy atom. The molecule has 1 saturated carbocycles.